The maximum absolute atomic E-state index is 5.94. The normalized spacial score (nSPS) is 10.4. The predicted molar refractivity (Wildman–Crippen MR) is 57.5 cm³/mol. The molecule has 0 aliphatic carbocycles. The summed E-state index contributed by atoms with van der Waals surface area (Å²) >= 11 is 0. The van der Waals surface area contributed by atoms with Gasteiger partial charge in [-0.05, 0) is 26.0 Å². The summed E-state index contributed by atoms with van der Waals surface area (Å²) in [5.41, 5.74) is 8.96. The van der Waals surface area contributed by atoms with Gasteiger partial charge in [0.05, 0.1) is 11.4 Å². The summed E-state index contributed by atoms with van der Waals surface area (Å²) in [6.45, 7) is 3.95. The van der Waals surface area contributed by atoms with Gasteiger partial charge in [-0.1, -0.05) is 18.2 Å². The number of anilines is 1. The second-order valence-corrected chi connectivity index (χ2v) is 3.34. The molecule has 1 aromatic carbocycles. The first kappa shape index (κ1) is 8.81. The van der Waals surface area contributed by atoms with E-state index in [0.717, 1.165) is 16.9 Å². The van der Waals surface area contributed by atoms with E-state index in [1.165, 1.54) is 0 Å². The highest BCUT2D eigenvalue weighted by molar-refractivity contribution is 5.48. The highest BCUT2D eigenvalue weighted by Gasteiger charge is 2.08. The van der Waals surface area contributed by atoms with Crippen molar-refractivity contribution in [1.82, 2.24) is 9.78 Å². The summed E-state index contributed by atoms with van der Waals surface area (Å²) in [6, 6.07) is 9.90. The SMILES string of the molecule is Cc1nn(-c2ccccc2)c(N)c1C. The van der Waals surface area contributed by atoms with Gasteiger partial charge in [-0.25, -0.2) is 4.68 Å². The number of rotatable bonds is 1. The molecule has 0 atom stereocenters. The molecular weight excluding hydrogens is 174 g/mol. The number of nitrogens with two attached hydrogens (primary N) is 1. The van der Waals surface area contributed by atoms with Crippen molar-refractivity contribution in [3.63, 3.8) is 0 Å². The lowest BCUT2D eigenvalue weighted by Gasteiger charge is -2.02. The summed E-state index contributed by atoms with van der Waals surface area (Å²) in [6.07, 6.45) is 0. The molecule has 0 saturated heterocycles. The first-order chi connectivity index (χ1) is 6.70. The van der Waals surface area contributed by atoms with Crippen LogP contribution in [-0.4, -0.2) is 9.78 Å². The van der Waals surface area contributed by atoms with E-state index in [0.29, 0.717) is 5.82 Å². The second-order valence-electron chi connectivity index (χ2n) is 3.34. The molecule has 3 heteroatoms. The topological polar surface area (TPSA) is 43.8 Å². The Morgan fingerprint density at radius 2 is 1.79 bits per heavy atom. The van der Waals surface area contributed by atoms with Gasteiger partial charge < -0.3 is 5.73 Å². The molecule has 14 heavy (non-hydrogen) atoms. The Labute approximate surface area is 83.2 Å². The zero-order chi connectivity index (χ0) is 10.1. The summed E-state index contributed by atoms with van der Waals surface area (Å²) in [5.74, 6) is 0.716. The number of nitrogen functional groups attached to an aromatic ring is 1. The molecule has 1 aromatic heterocycles. The van der Waals surface area contributed by atoms with E-state index in [4.69, 9.17) is 5.73 Å². The molecule has 0 spiro atoms. The van der Waals surface area contributed by atoms with E-state index < -0.39 is 0 Å². The van der Waals surface area contributed by atoms with E-state index in [-0.39, 0.29) is 0 Å². The average molecular weight is 187 g/mol. The molecule has 0 unspecified atom stereocenters. The van der Waals surface area contributed by atoms with Gasteiger partial charge in [0.15, 0.2) is 0 Å². The Bertz CT molecular complexity index is 443. The zero-order valence-corrected chi connectivity index (χ0v) is 8.36. The largest absolute Gasteiger partial charge is 0.383 e. The van der Waals surface area contributed by atoms with E-state index in [9.17, 15) is 0 Å². The fraction of sp³-hybridized carbons (Fsp3) is 0.182. The number of benzene rings is 1. The number of nitrogens with zero attached hydrogens (tertiary/aromatic N) is 2. The number of para-hydroxylation sites is 1. The quantitative estimate of drug-likeness (QED) is 0.742. The van der Waals surface area contributed by atoms with Gasteiger partial charge in [-0.15, -0.1) is 0 Å². The minimum Gasteiger partial charge on any atom is -0.383 e. The number of aromatic nitrogens is 2. The third kappa shape index (κ3) is 1.27. The van der Waals surface area contributed by atoms with Gasteiger partial charge in [0.25, 0.3) is 0 Å². The van der Waals surface area contributed by atoms with Crippen LogP contribution in [0.25, 0.3) is 5.69 Å². The van der Waals surface area contributed by atoms with Crippen molar-refractivity contribution < 1.29 is 0 Å². The summed E-state index contributed by atoms with van der Waals surface area (Å²) in [5, 5.41) is 4.37. The predicted octanol–water partition coefficient (Wildman–Crippen LogP) is 2.07. The fourth-order valence-corrected chi connectivity index (χ4v) is 1.39. The highest BCUT2D eigenvalue weighted by Crippen LogP contribution is 2.18. The Hall–Kier alpha value is -1.77. The molecule has 0 saturated carbocycles. The Kier molecular flexibility index (Phi) is 2.00. The number of aryl methyl sites for hydroxylation is 1. The molecule has 3 nitrogen and oxygen atoms in total. The minimum absolute atomic E-state index is 0.716. The zero-order valence-electron chi connectivity index (χ0n) is 8.36. The average Bonchev–Trinajstić information content (AvgIpc) is 2.47. The Balaban J connectivity index is 2.58. The van der Waals surface area contributed by atoms with Crippen LogP contribution < -0.4 is 5.73 Å². The van der Waals surface area contributed by atoms with Crippen LogP contribution in [0.5, 0.6) is 0 Å². The molecule has 0 radical (unpaired) electrons. The van der Waals surface area contributed by atoms with Crippen molar-refractivity contribution in [2.75, 3.05) is 5.73 Å². The van der Waals surface area contributed by atoms with Crippen molar-refractivity contribution in [2.45, 2.75) is 13.8 Å². The lowest BCUT2D eigenvalue weighted by atomic mass is 10.3. The van der Waals surface area contributed by atoms with Crippen LogP contribution in [0.2, 0.25) is 0 Å². The van der Waals surface area contributed by atoms with Crippen LogP contribution in [-0.2, 0) is 0 Å². The smallest absolute Gasteiger partial charge is 0.130 e. The lowest BCUT2D eigenvalue weighted by molar-refractivity contribution is 0.872. The molecule has 0 fully saturated rings. The van der Waals surface area contributed by atoms with Crippen molar-refractivity contribution in [2.24, 2.45) is 0 Å². The number of hydrogen-bond acceptors (Lipinski definition) is 2. The summed E-state index contributed by atoms with van der Waals surface area (Å²) in [7, 11) is 0. The van der Waals surface area contributed by atoms with E-state index in [2.05, 4.69) is 5.10 Å². The van der Waals surface area contributed by atoms with Gasteiger partial charge in [0.1, 0.15) is 5.82 Å². The van der Waals surface area contributed by atoms with Crippen LogP contribution in [0.3, 0.4) is 0 Å². The van der Waals surface area contributed by atoms with Crippen LogP contribution in [0.1, 0.15) is 11.3 Å². The second kappa shape index (κ2) is 3.18. The lowest BCUT2D eigenvalue weighted by Crippen LogP contribution is -2.01. The van der Waals surface area contributed by atoms with Crippen molar-refractivity contribution >= 4 is 5.82 Å². The minimum atomic E-state index is 0.716. The van der Waals surface area contributed by atoms with Gasteiger partial charge in [0.2, 0.25) is 0 Å². The summed E-state index contributed by atoms with van der Waals surface area (Å²) < 4.78 is 1.77. The molecule has 1 heterocycles. The first-order valence-electron chi connectivity index (χ1n) is 4.57. The fourth-order valence-electron chi connectivity index (χ4n) is 1.39. The molecule has 2 aromatic rings. The van der Waals surface area contributed by atoms with E-state index in [1.54, 1.807) is 4.68 Å². The number of hydrogen-bond donors (Lipinski definition) is 1. The first-order valence-corrected chi connectivity index (χ1v) is 4.57. The third-order valence-electron chi connectivity index (χ3n) is 2.41. The van der Waals surface area contributed by atoms with E-state index in [1.807, 2.05) is 44.2 Å². The third-order valence-corrected chi connectivity index (χ3v) is 2.41. The van der Waals surface area contributed by atoms with Crippen LogP contribution in [0, 0.1) is 13.8 Å². The van der Waals surface area contributed by atoms with Gasteiger partial charge >= 0.3 is 0 Å². The molecule has 2 rings (SSSR count). The Morgan fingerprint density at radius 1 is 1.14 bits per heavy atom. The molecule has 0 aliphatic rings. The molecule has 2 N–H and O–H groups in total. The van der Waals surface area contributed by atoms with Gasteiger partial charge in [0, 0.05) is 5.56 Å². The molecule has 0 amide bonds. The van der Waals surface area contributed by atoms with Crippen LogP contribution in [0.15, 0.2) is 30.3 Å². The highest BCUT2D eigenvalue weighted by atomic mass is 15.3. The van der Waals surface area contributed by atoms with Crippen molar-refractivity contribution in [1.29, 1.82) is 0 Å². The van der Waals surface area contributed by atoms with Crippen LogP contribution in [0.4, 0.5) is 5.82 Å². The van der Waals surface area contributed by atoms with Crippen molar-refractivity contribution in [3.05, 3.63) is 41.6 Å². The van der Waals surface area contributed by atoms with Gasteiger partial charge in [-0.3, -0.25) is 0 Å². The van der Waals surface area contributed by atoms with E-state index >= 15 is 0 Å². The molecular formula is C11H13N3. The van der Waals surface area contributed by atoms with Crippen molar-refractivity contribution in [3.8, 4) is 5.69 Å². The molecule has 0 aliphatic heterocycles. The maximum Gasteiger partial charge on any atom is 0.130 e. The molecule has 0 bridgehead atoms. The maximum atomic E-state index is 5.94. The van der Waals surface area contributed by atoms with Gasteiger partial charge in [-0.2, -0.15) is 5.10 Å². The molecule has 72 valence electrons. The summed E-state index contributed by atoms with van der Waals surface area (Å²) in [4.78, 5) is 0. The Morgan fingerprint density at radius 3 is 2.29 bits per heavy atom. The van der Waals surface area contributed by atoms with Crippen LogP contribution >= 0.6 is 0 Å². The monoisotopic (exact) mass is 187 g/mol. The standard InChI is InChI=1S/C11H13N3/c1-8-9(2)13-14(11(8)12)10-6-4-3-5-7-10/h3-7H,12H2,1-2H3.